The average molecular weight is 908 g/mol. The SMILES string of the molecule is COc1cccc(F)c1-c1ncc2[nH]nc(-c3ccc(N4CCN(C(=O)CCOCCOCCOCCOCCNc5ccc6c(c5)C(=O)N(C5CCC(=O)NC5=O)C6=O)CC4)cc3)c2n1. The van der Waals surface area contributed by atoms with Crippen LogP contribution >= 0.6 is 0 Å². The van der Waals surface area contributed by atoms with Crippen LogP contribution in [0.25, 0.3) is 33.7 Å². The van der Waals surface area contributed by atoms with Crippen molar-refractivity contribution in [2.24, 2.45) is 0 Å². The number of piperazine rings is 1. The standard InChI is InChI=1S/C46H50FN9O10/c1-62-37-4-2-3-34(47)40(37)43-49-28-35-42(51-43)41(53-52-35)29-5-8-31(9-6-29)54-15-17-55(18-16-54)39(58)13-19-63-21-23-65-25-26-66-24-22-64-20-14-48-30-7-10-32-33(27-30)46(61)56(45(32)60)36-11-12-38(57)50-44(36)59/h2-10,27-28,36,48H,11-26H2,1H3,(H,52,53)(H,50,57,59). The molecule has 2 aromatic heterocycles. The van der Waals surface area contributed by atoms with Crippen molar-refractivity contribution < 1.29 is 52.0 Å². The lowest BCUT2D eigenvalue weighted by Gasteiger charge is -2.36. The number of nitrogens with zero attached hydrogens (tertiary/aromatic N) is 6. The molecule has 3 aliphatic rings. The lowest BCUT2D eigenvalue weighted by molar-refractivity contribution is -0.136. The van der Waals surface area contributed by atoms with Crippen LogP contribution in [0.1, 0.15) is 40.0 Å². The van der Waals surface area contributed by atoms with E-state index >= 15 is 0 Å². The van der Waals surface area contributed by atoms with Crippen molar-refractivity contribution in [3.05, 3.63) is 83.8 Å². The van der Waals surface area contributed by atoms with Crippen molar-refractivity contribution in [3.63, 3.8) is 0 Å². The Labute approximate surface area is 378 Å². The number of hydrogen-bond acceptors (Lipinski definition) is 15. The highest BCUT2D eigenvalue weighted by molar-refractivity contribution is 6.23. The molecule has 1 atom stereocenters. The van der Waals surface area contributed by atoms with Gasteiger partial charge >= 0.3 is 0 Å². The lowest BCUT2D eigenvalue weighted by Crippen LogP contribution is -2.54. The highest BCUT2D eigenvalue weighted by Gasteiger charge is 2.44. The van der Waals surface area contributed by atoms with Crippen LogP contribution in [0.4, 0.5) is 15.8 Å². The van der Waals surface area contributed by atoms with Gasteiger partial charge in [-0.2, -0.15) is 5.10 Å². The Hall–Kier alpha value is -6.87. The van der Waals surface area contributed by atoms with Gasteiger partial charge in [0.2, 0.25) is 17.7 Å². The van der Waals surface area contributed by atoms with Gasteiger partial charge in [-0.15, -0.1) is 0 Å². The number of H-pyrrole nitrogens is 1. The molecule has 8 rings (SSSR count). The fraction of sp³-hybridized carbons (Fsp3) is 0.391. The molecule has 3 aromatic carbocycles. The van der Waals surface area contributed by atoms with Gasteiger partial charge in [0.1, 0.15) is 34.3 Å². The fourth-order valence-electron chi connectivity index (χ4n) is 8.00. The molecule has 1 unspecified atom stereocenters. The third-order valence-electron chi connectivity index (χ3n) is 11.4. The molecule has 3 aliphatic heterocycles. The lowest BCUT2D eigenvalue weighted by atomic mass is 10.0. The molecule has 20 heteroatoms. The van der Waals surface area contributed by atoms with Crippen LogP contribution in [-0.2, 0) is 33.3 Å². The number of piperidine rings is 1. The van der Waals surface area contributed by atoms with E-state index in [2.05, 4.69) is 35.7 Å². The summed E-state index contributed by atoms with van der Waals surface area (Å²) < 4.78 is 42.5. The number of nitrogens with one attached hydrogen (secondary N) is 3. The van der Waals surface area contributed by atoms with Gasteiger partial charge in [0.15, 0.2) is 5.82 Å². The van der Waals surface area contributed by atoms with Crippen LogP contribution in [0.3, 0.4) is 0 Å². The van der Waals surface area contributed by atoms with E-state index in [1.807, 2.05) is 29.2 Å². The maximum Gasteiger partial charge on any atom is 0.262 e. The molecule has 2 saturated heterocycles. The first-order valence-electron chi connectivity index (χ1n) is 21.8. The predicted octanol–water partition coefficient (Wildman–Crippen LogP) is 3.45. The number of methoxy groups -OCH3 is 1. The van der Waals surface area contributed by atoms with Crippen LogP contribution < -0.4 is 20.3 Å². The minimum Gasteiger partial charge on any atom is -0.496 e. The average Bonchev–Trinajstić information content (AvgIpc) is 3.86. The Morgan fingerprint density at radius 1 is 0.833 bits per heavy atom. The number of halogens is 1. The van der Waals surface area contributed by atoms with Gasteiger partial charge in [-0.1, -0.05) is 18.2 Å². The Balaban J connectivity index is 0.646. The number of rotatable bonds is 21. The van der Waals surface area contributed by atoms with E-state index in [0.29, 0.717) is 120 Å². The second-order valence-corrected chi connectivity index (χ2v) is 15.6. The molecule has 66 heavy (non-hydrogen) atoms. The van der Waals surface area contributed by atoms with Crippen molar-refractivity contribution >= 4 is 51.9 Å². The number of anilines is 2. The molecule has 5 amide bonds. The maximum absolute atomic E-state index is 14.8. The quantitative estimate of drug-likeness (QED) is 0.0710. The number of aromatic nitrogens is 4. The highest BCUT2D eigenvalue weighted by atomic mass is 19.1. The van der Waals surface area contributed by atoms with Crippen LogP contribution in [0.2, 0.25) is 0 Å². The Morgan fingerprint density at radius 3 is 2.24 bits per heavy atom. The van der Waals surface area contributed by atoms with E-state index in [9.17, 15) is 28.4 Å². The summed E-state index contributed by atoms with van der Waals surface area (Å²) in [5.41, 5.74) is 4.93. The molecule has 0 saturated carbocycles. The van der Waals surface area contributed by atoms with Gasteiger partial charge in [-0.05, 0) is 48.9 Å². The van der Waals surface area contributed by atoms with Crippen molar-refractivity contribution in [3.8, 4) is 28.4 Å². The van der Waals surface area contributed by atoms with E-state index in [1.54, 1.807) is 36.5 Å². The molecule has 5 aromatic rings. The highest BCUT2D eigenvalue weighted by Crippen LogP contribution is 2.34. The van der Waals surface area contributed by atoms with Crippen molar-refractivity contribution in [1.29, 1.82) is 0 Å². The molecule has 346 valence electrons. The van der Waals surface area contributed by atoms with Gasteiger partial charge in [0, 0.05) is 56.1 Å². The summed E-state index contributed by atoms with van der Waals surface area (Å²) in [5.74, 6) is -2.06. The van der Waals surface area contributed by atoms with Crippen molar-refractivity contribution in [1.82, 2.24) is 35.3 Å². The van der Waals surface area contributed by atoms with Crippen LogP contribution in [0.5, 0.6) is 5.75 Å². The Bertz CT molecular complexity index is 2570. The zero-order valence-electron chi connectivity index (χ0n) is 36.4. The summed E-state index contributed by atoms with van der Waals surface area (Å²) >= 11 is 0. The zero-order valence-corrected chi connectivity index (χ0v) is 36.4. The smallest absolute Gasteiger partial charge is 0.262 e. The third-order valence-corrected chi connectivity index (χ3v) is 11.4. The zero-order chi connectivity index (χ0) is 46.0. The molecule has 0 radical (unpaired) electrons. The molecule has 0 aliphatic carbocycles. The minimum absolute atomic E-state index is 0.0505. The number of fused-ring (bicyclic) bond motifs is 2. The van der Waals surface area contributed by atoms with Crippen LogP contribution in [0, 0.1) is 5.82 Å². The molecule has 0 spiro atoms. The number of carbonyl (C=O) groups is 5. The molecule has 0 bridgehead atoms. The number of aromatic amines is 1. The van der Waals surface area contributed by atoms with Gasteiger partial charge in [0.25, 0.3) is 11.8 Å². The van der Waals surface area contributed by atoms with Gasteiger partial charge in [-0.25, -0.2) is 14.4 Å². The van der Waals surface area contributed by atoms with Crippen LogP contribution in [0.15, 0.2) is 66.9 Å². The van der Waals surface area contributed by atoms with Crippen LogP contribution in [-0.4, -0.2) is 158 Å². The van der Waals surface area contributed by atoms with Crippen molar-refractivity contribution in [2.75, 3.05) is 103 Å². The number of ether oxygens (including phenoxy) is 5. The first-order chi connectivity index (χ1) is 32.2. The molecular formula is C46H50FN9O10. The van der Waals surface area contributed by atoms with E-state index in [0.717, 1.165) is 16.2 Å². The monoisotopic (exact) mass is 907 g/mol. The Morgan fingerprint density at radius 2 is 1.53 bits per heavy atom. The topological polar surface area (TPSA) is 220 Å². The fourth-order valence-corrected chi connectivity index (χ4v) is 8.00. The Kier molecular flexibility index (Phi) is 14.8. The number of carbonyl (C=O) groups excluding carboxylic acids is 5. The molecular weight excluding hydrogens is 858 g/mol. The second kappa shape index (κ2) is 21.4. The summed E-state index contributed by atoms with van der Waals surface area (Å²) in [6, 6.07) is 16.4. The molecule has 5 heterocycles. The van der Waals surface area contributed by atoms with E-state index < -0.39 is 35.5 Å². The number of benzene rings is 3. The van der Waals surface area contributed by atoms with E-state index in [4.69, 9.17) is 23.7 Å². The summed E-state index contributed by atoms with van der Waals surface area (Å²) in [4.78, 5) is 76.6. The minimum atomic E-state index is -1.01. The first-order valence-corrected chi connectivity index (χ1v) is 21.8. The molecule has 2 fully saturated rings. The number of imide groups is 2. The third kappa shape index (κ3) is 10.5. The largest absolute Gasteiger partial charge is 0.496 e. The van der Waals surface area contributed by atoms with Gasteiger partial charge < -0.3 is 38.8 Å². The normalized spacial score (nSPS) is 16.3. The van der Waals surface area contributed by atoms with Crippen molar-refractivity contribution in [2.45, 2.75) is 25.3 Å². The predicted molar refractivity (Wildman–Crippen MR) is 237 cm³/mol. The van der Waals surface area contributed by atoms with E-state index in [1.165, 1.54) is 13.2 Å². The van der Waals surface area contributed by atoms with Gasteiger partial charge in [0.05, 0.1) is 89.3 Å². The molecule has 19 nitrogen and oxygen atoms in total. The number of amides is 5. The maximum atomic E-state index is 14.8. The first kappa shape index (κ1) is 45.7. The summed E-state index contributed by atoms with van der Waals surface area (Å²) in [5, 5.41) is 12.8. The summed E-state index contributed by atoms with van der Waals surface area (Å²) in [6.07, 6.45) is 2.04. The summed E-state index contributed by atoms with van der Waals surface area (Å²) in [7, 11) is 1.48. The van der Waals surface area contributed by atoms with Gasteiger partial charge in [-0.3, -0.25) is 39.3 Å². The second-order valence-electron chi connectivity index (χ2n) is 15.6. The van der Waals surface area contributed by atoms with E-state index in [-0.39, 0.29) is 41.3 Å². The number of hydrogen-bond donors (Lipinski definition) is 3. The summed E-state index contributed by atoms with van der Waals surface area (Å²) in [6.45, 7) is 6.00. The molecule has 3 N–H and O–H groups in total.